The van der Waals surface area contributed by atoms with Crippen molar-refractivity contribution in [3.05, 3.63) is 39.8 Å². The van der Waals surface area contributed by atoms with Crippen molar-refractivity contribution in [3.63, 3.8) is 0 Å². The molecule has 0 amide bonds. The summed E-state index contributed by atoms with van der Waals surface area (Å²) < 4.78 is 5.54. The Morgan fingerprint density at radius 2 is 2.19 bits per heavy atom. The van der Waals surface area contributed by atoms with Crippen LogP contribution in [0.25, 0.3) is 11.5 Å². The average Bonchev–Trinajstić information content (AvgIpc) is 2.92. The molecule has 0 radical (unpaired) electrons. The largest absolute Gasteiger partial charge is 0.420 e. The Hall–Kier alpha value is -2.28. The van der Waals surface area contributed by atoms with Gasteiger partial charge in [0.05, 0.1) is 4.92 Å². The maximum Gasteiger partial charge on any atom is 0.282 e. The molecule has 2 rings (SSSR count). The van der Waals surface area contributed by atoms with E-state index in [1.165, 1.54) is 6.07 Å². The normalized spacial score (nSPS) is 10.8. The number of nitro benzene ring substituents is 1. The van der Waals surface area contributed by atoms with E-state index in [4.69, 9.17) is 4.42 Å². The summed E-state index contributed by atoms with van der Waals surface area (Å²) in [5.74, 6) is 0.697. The number of nitro groups is 1. The highest BCUT2D eigenvalue weighted by atomic mass is 16.6. The van der Waals surface area contributed by atoms with E-state index < -0.39 is 4.92 Å². The van der Waals surface area contributed by atoms with Gasteiger partial charge in [0.25, 0.3) is 11.6 Å². The molecule has 2 aromatic rings. The van der Waals surface area contributed by atoms with Gasteiger partial charge in [-0.2, -0.15) is 0 Å². The minimum atomic E-state index is -0.441. The van der Waals surface area contributed by atoms with Gasteiger partial charge in [-0.3, -0.25) is 10.1 Å². The molecule has 0 bridgehead atoms. The van der Waals surface area contributed by atoms with Crippen molar-refractivity contribution in [2.45, 2.75) is 26.7 Å². The topological polar surface area (TPSA) is 94.1 Å². The van der Waals surface area contributed by atoms with E-state index in [0.717, 1.165) is 25.1 Å². The fourth-order valence-electron chi connectivity index (χ4n) is 1.99. The van der Waals surface area contributed by atoms with Crippen molar-refractivity contribution in [2.75, 3.05) is 13.1 Å². The second-order valence-electron chi connectivity index (χ2n) is 4.74. The number of hydrogen-bond donors (Lipinski definition) is 1. The summed E-state index contributed by atoms with van der Waals surface area (Å²) in [6.45, 7) is 5.70. The molecule has 0 spiro atoms. The van der Waals surface area contributed by atoms with E-state index in [0.29, 0.717) is 17.9 Å². The van der Waals surface area contributed by atoms with Crippen LogP contribution in [-0.2, 0) is 6.42 Å². The highest BCUT2D eigenvalue weighted by Crippen LogP contribution is 2.29. The van der Waals surface area contributed by atoms with Crippen LogP contribution in [0.5, 0.6) is 0 Å². The number of benzene rings is 1. The smallest absolute Gasteiger partial charge is 0.282 e. The summed E-state index contributed by atoms with van der Waals surface area (Å²) in [6.07, 6.45) is 1.53. The number of rotatable bonds is 7. The van der Waals surface area contributed by atoms with Gasteiger partial charge in [0.2, 0.25) is 5.89 Å². The van der Waals surface area contributed by atoms with Crippen LogP contribution in [0, 0.1) is 17.0 Å². The summed E-state index contributed by atoms with van der Waals surface area (Å²) in [6, 6.07) is 4.84. The van der Waals surface area contributed by atoms with Crippen LogP contribution >= 0.6 is 0 Å². The molecule has 0 saturated carbocycles. The minimum Gasteiger partial charge on any atom is -0.420 e. The first-order valence-corrected chi connectivity index (χ1v) is 6.90. The van der Waals surface area contributed by atoms with Gasteiger partial charge in [-0.1, -0.05) is 13.0 Å². The van der Waals surface area contributed by atoms with E-state index in [-0.39, 0.29) is 11.6 Å². The zero-order valence-corrected chi connectivity index (χ0v) is 12.1. The van der Waals surface area contributed by atoms with E-state index in [1.54, 1.807) is 12.1 Å². The molecule has 0 aliphatic carbocycles. The number of aryl methyl sites for hydroxylation is 2. The molecule has 21 heavy (non-hydrogen) atoms. The lowest BCUT2D eigenvalue weighted by atomic mass is 10.1. The summed E-state index contributed by atoms with van der Waals surface area (Å²) in [7, 11) is 0. The fourth-order valence-corrected chi connectivity index (χ4v) is 1.99. The van der Waals surface area contributed by atoms with Crippen molar-refractivity contribution in [1.82, 2.24) is 15.5 Å². The summed E-state index contributed by atoms with van der Waals surface area (Å²) in [4.78, 5) is 10.6. The van der Waals surface area contributed by atoms with Gasteiger partial charge in [0, 0.05) is 12.5 Å². The van der Waals surface area contributed by atoms with Gasteiger partial charge in [-0.25, -0.2) is 0 Å². The van der Waals surface area contributed by atoms with E-state index >= 15 is 0 Å². The number of nitrogens with zero attached hydrogens (tertiary/aromatic N) is 3. The first kappa shape index (κ1) is 15.1. The van der Waals surface area contributed by atoms with Crippen LogP contribution < -0.4 is 5.32 Å². The third-order valence-corrected chi connectivity index (χ3v) is 3.04. The van der Waals surface area contributed by atoms with Crippen LogP contribution in [0.4, 0.5) is 5.69 Å². The molecule has 112 valence electrons. The molecule has 0 aliphatic heterocycles. The lowest BCUT2D eigenvalue weighted by Gasteiger charge is -2.00. The lowest BCUT2D eigenvalue weighted by molar-refractivity contribution is -0.384. The van der Waals surface area contributed by atoms with E-state index in [2.05, 4.69) is 15.5 Å². The van der Waals surface area contributed by atoms with Crippen molar-refractivity contribution >= 4 is 5.69 Å². The molecular formula is C14H18N4O3. The monoisotopic (exact) mass is 290 g/mol. The second kappa shape index (κ2) is 6.94. The van der Waals surface area contributed by atoms with Gasteiger partial charge in [-0.05, 0) is 38.1 Å². The third-order valence-electron chi connectivity index (χ3n) is 3.04. The number of hydrogen-bond acceptors (Lipinski definition) is 6. The molecule has 1 aromatic heterocycles. The van der Waals surface area contributed by atoms with Gasteiger partial charge in [0.1, 0.15) is 5.56 Å². The molecule has 0 saturated heterocycles. The van der Waals surface area contributed by atoms with Crippen molar-refractivity contribution < 1.29 is 9.34 Å². The number of nitrogens with one attached hydrogen (secondary N) is 1. The number of aromatic nitrogens is 2. The maximum atomic E-state index is 11.1. The van der Waals surface area contributed by atoms with Crippen LogP contribution in [0.15, 0.2) is 22.6 Å². The Kier molecular flexibility index (Phi) is 4.99. The highest BCUT2D eigenvalue weighted by Gasteiger charge is 2.20. The average molecular weight is 290 g/mol. The Morgan fingerprint density at radius 3 is 2.90 bits per heavy atom. The van der Waals surface area contributed by atoms with E-state index in [1.807, 2.05) is 13.8 Å². The predicted molar refractivity (Wildman–Crippen MR) is 78.0 cm³/mol. The summed E-state index contributed by atoms with van der Waals surface area (Å²) in [5, 5.41) is 22.2. The van der Waals surface area contributed by atoms with Gasteiger partial charge in [0.15, 0.2) is 0 Å². The SMILES string of the molecule is CCNCCCc1nnc(-c2cc(C)ccc2[N+](=O)[O-])o1. The van der Waals surface area contributed by atoms with Crippen LogP contribution in [0.2, 0.25) is 0 Å². The lowest BCUT2D eigenvalue weighted by Crippen LogP contribution is -2.14. The minimum absolute atomic E-state index is 0.0246. The summed E-state index contributed by atoms with van der Waals surface area (Å²) >= 11 is 0. The maximum absolute atomic E-state index is 11.1. The fraction of sp³-hybridized carbons (Fsp3) is 0.429. The third kappa shape index (κ3) is 3.85. The predicted octanol–water partition coefficient (Wildman–Crippen LogP) is 2.50. The first-order valence-electron chi connectivity index (χ1n) is 6.90. The van der Waals surface area contributed by atoms with Crippen molar-refractivity contribution in [1.29, 1.82) is 0 Å². The molecule has 0 aliphatic rings. The van der Waals surface area contributed by atoms with Crippen molar-refractivity contribution in [3.8, 4) is 11.5 Å². The molecule has 7 nitrogen and oxygen atoms in total. The standard InChI is InChI=1S/C14H18N4O3/c1-3-15-8-4-5-13-16-17-14(21-13)11-9-10(2)6-7-12(11)18(19)20/h6-7,9,15H,3-5,8H2,1-2H3. The zero-order chi connectivity index (χ0) is 15.2. The molecule has 0 fully saturated rings. The van der Waals surface area contributed by atoms with Gasteiger partial charge >= 0.3 is 0 Å². The molecular weight excluding hydrogens is 272 g/mol. The highest BCUT2D eigenvalue weighted by molar-refractivity contribution is 5.67. The van der Waals surface area contributed by atoms with Crippen molar-refractivity contribution in [2.24, 2.45) is 0 Å². The second-order valence-corrected chi connectivity index (χ2v) is 4.74. The molecule has 7 heteroatoms. The van der Waals surface area contributed by atoms with E-state index in [9.17, 15) is 10.1 Å². The Bertz CT molecular complexity index is 624. The summed E-state index contributed by atoms with van der Waals surface area (Å²) in [5.41, 5.74) is 1.25. The molecule has 1 heterocycles. The molecule has 1 aromatic carbocycles. The zero-order valence-electron chi connectivity index (χ0n) is 12.1. The molecule has 1 N–H and O–H groups in total. The Morgan fingerprint density at radius 1 is 1.38 bits per heavy atom. The van der Waals surface area contributed by atoms with Gasteiger partial charge < -0.3 is 9.73 Å². The van der Waals surface area contributed by atoms with Gasteiger partial charge in [-0.15, -0.1) is 10.2 Å². The molecule has 0 unspecified atom stereocenters. The first-order chi connectivity index (χ1) is 10.1. The Balaban J connectivity index is 2.17. The Labute approximate surface area is 122 Å². The van der Waals surface area contributed by atoms with Crippen LogP contribution in [-0.4, -0.2) is 28.2 Å². The van der Waals surface area contributed by atoms with Crippen LogP contribution in [0.3, 0.4) is 0 Å². The quantitative estimate of drug-likeness (QED) is 0.478. The molecule has 0 atom stereocenters. The van der Waals surface area contributed by atoms with Crippen LogP contribution in [0.1, 0.15) is 24.8 Å².